The fraction of sp³-hybridized carbons (Fsp3) is 0.667. The monoisotopic (exact) mass is 559 g/mol. The van der Waals surface area contributed by atoms with Gasteiger partial charge in [-0.25, -0.2) is 4.99 Å². The number of ether oxygens (including phenoxy) is 3. The van der Waals surface area contributed by atoms with Crippen molar-refractivity contribution >= 4 is 29.9 Å². The van der Waals surface area contributed by atoms with Gasteiger partial charge in [-0.1, -0.05) is 6.07 Å². The fourth-order valence-electron chi connectivity index (χ4n) is 3.19. The highest BCUT2D eigenvalue weighted by Crippen LogP contribution is 2.31. The molecular weight excluding hydrogens is 526 g/mol. The molecule has 0 radical (unpaired) electrons. The van der Waals surface area contributed by atoms with Gasteiger partial charge in [0.2, 0.25) is 0 Å². The predicted octanol–water partition coefficient (Wildman–Crippen LogP) is 4.19. The number of guanidine groups is 1. The van der Waals surface area contributed by atoms with Crippen LogP contribution in [0.3, 0.4) is 0 Å². The SMILES string of the molecule is CCNC(=NCCOc1cccc(C(F)(F)F)c1)N1CCC(OCCCOC)CC1.I. The Morgan fingerprint density at radius 3 is 2.58 bits per heavy atom. The molecule has 0 bridgehead atoms. The first kappa shape index (κ1) is 27.8. The Morgan fingerprint density at radius 2 is 1.94 bits per heavy atom. The number of nitrogens with one attached hydrogen (secondary N) is 1. The van der Waals surface area contributed by atoms with Gasteiger partial charge in [-0.05, 0) is 44.4 Å². The summed E-state index contributed by atoms with van der Waals surface area (Å²) in [6.07, 6.45) is -1.37. The van der Waals surface area contributed by atoms with E-state index in [1.165, 1.54) is 12.1 Å². The van der Waals surface area contributed by atoms with E-state index in [2.05, 4.69) is 15.2 Å². The zero-order valence-electron chi connectivity index (χ0n) is 18.1. The summed E-state index contributed by atoms with van der Waals surface area (Å²) in [6, 6.07) is 4.89. The van der Waals surface area contributed by atoms with Gasteiger partial charge < -0.3 is 24.4 Å². The first-order chi connectivity index (χ1) is 14.4. The predicted molar refractivity (Wildman–Crippen MR) is 125 cm³/mol. The Morgan fingerprint density at radius 1 is 1.19 bits per heavy atom. The molecular formula is C21H33F3IN3O3. The molecule has 1 heterocycles. The molecule has 0 spiro atoms. The van der Waals surface area contributed by atoms with Gasteiger partial charge in [0.1, 0.15) is 12.4 Å². The Hall–Kier alpha value is -1.27. The lowest BCUT2D eigenvalue weighted by Crippen LogP contribution is -2.47. The van der Waals surface area contributed by atoms with E-state index in [4.69, 9.17) is 14.2 Å². The lowest BCUT2D eigenvalue weighted by Gasteiger charge is -2.34. The summed E-state index contributed by atoms with van der Waals surface area (Å²) in [5, 5.41) is 3.27. The molecule has 1 fully saturated rings. The van der Waals surface area contributed by atoms with Crippen molar-refractivity contribution in [1.29, 1.82) is 0 Å². The van der Waals surface area contributed by atoms with Crippen LogP contribution in [-0.2, 0) is 15.7 Å². The zero-order chi connectivity index (χ0) is 21.8. The van der Waals surface area contributed by atoms with Crippen LogP contribution in [0.1, 0.15) is 31.7 Å². The highest BCUT2D eigenvalue weighted by atomic mass is 127. The molecule has 10 heteroatoms. The second kappa shape index (κ2) is 14.7. The van der Waals surface area contributed by atoms with Crippen molar-refractivity contribution < 1.29 is 27.4 Å². The maximum atomic E-state index is 12.8. The van der Waals surface area contributed by atoms with Gasteiger partial charge in [-0.3, -0.25) is 0 Å². The van der Waals surface area contributed by atoms with Crippen molar-refractivity contribution in [1.82, 2.24) is 10.2 Å². The van der Waals surface area contributed by atoms with Crippen LogP contribution in [0.2, 0.25) is 0 Å². The number of hydrogen-bond donors (Lipinski definition) is 1. The highest BCUT2D eigenvalue weighted by Gasteiger charge is 2.30. The van der Waals surface area contributed by atoms with Crippen molar-refractivity contribution in [3.05, 3.63) is 29.8 Å². The van der Waals surface area contributed by atoms with Crippen molar-refractivity contribution in [2.45, 2.75) is 38.5 Å². The Balaban J connectivity index is 0.00000480. The Bertz CT molecular complexity index is 654. The molecule has 178 valence electrons. The van der Waals surface area contributed by atoms with Crippen LogP contribution in [0.4, 0.5) is 13.2 Å². The number of nitrogens with zero attached hydrogens (tertiary/aromatic N) is 2. The van der Waals surface area contributed by atoms with Gasteiger partial charge in [0, 0.05) is 40.0 Å². The number of benzene rings is 1. The van der Waals surface area contributed by atoms with Crippen molar-refractivity contribution in [2.24, 2.45) is 4.99 Å². The molecule has 31 heavy (non-hydrogen) atoms. The van der Waals surface area contributed by atoms with E-state index >= 15 is 0 Å². The third-order valence-electron chi connectivity index (χ3n) is 4.71. The summed E-state index contributed by atoms with van der Waals surface area (Å²) in [4.78, 5) is 6.75. The lowest BCUT2D eigenvalue weighted by molar-refractivity contribution is -0.137. The average molecular weight is 559 g/mol. The summed E-state index contributed by atoms with van der Waals surface area (Å²) in [6.45, 7) is 6.39. The van der Waals surface area contributed by atoms with E-state index in [0.29, 0.717) is 19.8 Å². The minimum atomic E-state index is -4.38. The zero-order valence-corrected chi connectivity index (χ0v) is 20.4. The van der Waals surface area contributed by atoms with E-state index in [9.17, 15) is 13.2 Å². The molecule has 1 aliphatic heterocycles. The molecule has 0 unspecified atom stereocenters. The van der Waals surface area contributed by atoms with Crippen LogP contribution < -0.4 is 10.1 Å². The van der Waals surface area contributed by atoms with Gasteiger partial charge in [0.25, 0.3) is 0 Å². The van der Waals surface area contributed by atoms with Gasteiger partial charge in [-0.15, -0.1) is 24.0 Å². The van der Waals surface area contributed by atoms with E-state index in [0.717, 1.165) is 57.0 Å². The normalized spacial score (nSPS) is 15.5. The van der Waals surface area contributed by atoms with E-state index in [-0.39, 0.29) is 42.4 Å². The largest absolute Gasteiger partial charge is 0.492 e. The lowest BCUT2D eigenvalue weighted by atomic mass is 10.1. The number of rotatable bonds is 10. The summed E-state index contributed by atoms with van der Waals surface area (Å²) >= 11 is 0. The first-order valence-corrected chi connectivity index (χ1v) is 10.4. The Labute approximate surface area is 199 Å². The fourth-order valence-corrected chi connectivity index (χ4v) is 3.19. The van der Waals surface area contributed by atoms with Crippen molar-refractivity contribution in [2.75, 3.05) is 53.1 Å². The van der Waals surface area contributed by atoms with Crippen LogP contribution in [0.5, 0.6) is 5.75 Å². The third-order valence-corrected chi connectivity index (χ3v) is 4.71. The molecule has 2 rings (SSSR count). The molecule has 0 saturated carbocycles. The third kappa shape index (κ3) is 10.3. The highest BCUT2D eigenvalue weighted by molar-refractivity contribution is 14.0. The van der Waals surface area contributed by atoms with Crippen molar-refractivity contribution in [3.8, 4) is 5.75 Å². The maximum Gasteiger partial charge on any atom is 0.416 e. The molecule has 1 aromatic carbocycles. The van der Waals surface area contributed by atoms with E-state index < -0.39 is 11.7 Å². The topological polar surface area (TPSA) is 55.3 Å². The number of alkyl halides is 3. The van der Waals surface area contributed by atoms with Crippen LogP contribution >= 0.6 is 24.0 Å². The van der Waals surface area contributed by atoms with E-state index in [1.807, 2.05) is 6.92 Å². The van der Waals surface area contributed by atoms with Gasteiger partial charge in [0.05, 0.1) is 18.2 Å². The minimum absolute atomic E-state index is 0. The van der Waals surface area contributed by atoms with Crippen molar-refractivity contribution in [3.63, 3.8) is 0 Å². The minimum Gasteiger partial charge on any atom is -0.492 e. The average Bonchev–Trinajstić information content (AvgIpc) is 2.73. The van der Waals surface area contributed by atoms with Crippen LogP contribution in [0.25, 0.3) is 0 Å². The second-order valence-corrected chi connectivity index (χ2v) is 7.01. The molecule has 1 saturated heterocycles. The summed E-state index contributed by atoms with van der Waals surface area (Å²) < 4.78 is 54.7. The van der Waals surface area contributed by atoms with E-state index in [1.54, 1.807) is 7.11 Å². The number of halogens is 4. The number of likely N-dealkylation sites (tertiary alicyclic amines) is 1. The molecule has 1 aromatic rings. The van der Waals surface area contributed by atoms with Gasteiger partial charge >= 0.3 is 6.18 Å². The summed E-state index contributed by atoms with van der Waals surface area (Å²) in [7, 11) is 1.69. The standard InChI is InChI=1S/C21H32F3N3O3.HI/c1-3-25-20(27-11-8-18(9-12-27)29-14-5-13-28-2)26-10-15-30-19-7-4-6-17(16-19)21(22,23)24;/h4,6-7,16,18H,3,5,8-15H2,1-2H3,(H,25,26);1H. The number of methoxy groups -OCH3 is 1. The number of piperidine rings is 1. The molecule has 0 atom stereocenters. The molecule has 1 aliphatic rings. The van der Waals surface area contributed by atoms with Gasteiger partial charge in [-0.2, -0.15) is 13.2 Å². The molecule has 6 nitrogen and oxygen atoms in total. The molecule has 0 amide bonds. The van der Waals surface area contributed by atoms with Crippen LogP contribution in [-0.4, -0.2) is 70.1 Å². The second-order valence-electron chi connectivity index (χ2n) is 7.01. The number of aliphatic imine (C=N–C) groups is 1. The molecule has 0 aromatic heterocycles. The quantitative estimate of drug-likeness (QED) is 0.202. The molecule has 0 aliphatic carbocycles. The maximum absolute atomic E-state index is 12.8. The first-order valence-electron chi connectivity index (χ1n) is 10.4. The smallest absolute Gasteiger partial charge is 0.416 e. The summed E-state index contributed by atoms with van der Waals surface area (Å²) in [5.41, 5.74) is -0.718. The van der Waals surface area contributed by atoms with Gasteiger partial charge in [0.15, 0.2) is 5.96 Å². The molecule has 1 N–H and O–H groups in total. The number of hydrogen-bond acceptors (Lipinski definition) is 4. The summed E-state index contributed by atoms with van der Waals surface area (Å²) in [5.74, 6) is 0.986. The van der Waals surface area contributed by atoms with Crippen LogP contribution in [0.15, 0.2) is 29.3 Å². The Kier molecular flexibility index (Phi) is 13.2. The van der Waals surface area contributed by atoms with Crippen LogP contribution in [0, 0.1) is 0 Å².